The lowest BCUT2D eigenvalue weighted by molar-refractivity contribution is -0.453. The highest BCUT2D eigenvalue weighted by Crippen LogP contribution is 2.40. The fraction of sp³-hybridized carbons (Fsp3) is 0.100. The van der Waals surface area contributed by atoms with Crippen LogP contribution in [-0.2, 0) is 9.09 Å². The lowest BCUT2D eigenvalue weighted by Crippen LogP contribution is -2.35. The molecule has 0 aliphatic heterocycles. The Hall–Kier alpha value is -0.780. The average Bonchev–Trinajstić information content (AvgIpc) is 2.87. The second-order valence-corrected chi connectivity index (χ2v) is 7.48. The Morgan fingerprint density at radius 2 is 2.18 bits per heavy atom. The Labute approximate surface area is 105 Å². The van der Waals surface area contributed by atoms with Gasteiger partial charge >= 0.3 is 17.2 Å². The van der Waals surface area contributed by atoms with Crippen LogP contribution in [0.1, 0.15) is 0 Å². The Morgan fingerprint density at radius 3 is 2.94 bits per heavy atom. The van der Waals surface area contributed by atoms with Gasteiger partial charge in [-0.3, -0.25) is 0 Å². The summed E-state index contributed by atoms with van der Waals surface area (Å²) in [6.45, 7) is 0. The van der Waals surface area contributed by atoms with Crippen LogP contribution >= 0.6 is 30.3 Å². The maximum atomic E-state index is 11.9. The zero-order chi connectivity index (χ0) is 12.0. The summed E-state index contributed by atoms with van der Waals surface area (Å²) in [5, 5.41) is 1.68. The second-order valence-electron chi connectivity index (χ2n) is 3.47. The summed E-state index contributed by atoms with van der Waals surface area (Å²) in [5.41, 5.74) is 1.27. The summed E-state index contributed by atoms with van der Waals surface area (Å²) in [7, 11) is -2.47. The van der Waals surface area contributed by atoms with Gasteiger partial charge in [0.2, 0.25) is 5.52 Å². The Morgan fingerprint density at radius 1 is 1.41 bits per heavy atom. The third kappa shape index (κ3) is 1.64. The van der Waals surface area contributed by atoms with E-state index in [9.17, 15) is 9.46 Å². The van der Waals surface area contributed by atoms with E-state index in [-0.39, 0.29) is 0 Å². The number of rotatable bonds is 2. The minimum absolute atomic E-state index is 0.331. The minimum Gasteiger partial charge on any atom is -0.317 e. The van der Waals surface area contributed by atoms with Gasteiger partial charge in [0.25, 0.3) is 0 Å². The van der Waals surface area contributed by atoms with Crippen LogP contribution in [0.4, 0.5) is 0 Å². The molecule has 2 aromatic heterocycles. The summed E-state index contributed by atoms with van der Waals surface area (Å²) in [5.74, 6) is 0. The van der Waals surface area contributed by atoms with Crippen molar-refractivity contribution in [3.63, 3.8) is 0 Å². The van der Waals surface area contributed by atoms with E-state index in [0.717, 1.165) is 14.4 Å². The highest BCUT2D eigenvalue weighted by molar-refractivity contribution is 7.61. The summed E-state index contributed by atoms with van der Waals surface area (Å²) >= 11 is 3.05. The molecule has 0 saturated carbocycles. The van der Waals surface area contributed by atoms with Gasteiger partial charge in [-0.25, -0.2) is 4.57 Å². The quantitative estimate of drug-likeness (QED) is 0.580. The Balaban J connectivity index is 2.45. The summed E-state index contributed by atoms with van der Waals surface area (Å²) in [4.78, 5) is 9.78. The van der Waals surface area contributed by atoms with Crippen molar-refractivity contribution in [2.45, 2.75) is 0 Å². The lowest BCUT2D eigenvalue weighted by atomic mass is 10.3. The smallest absolute Gasteiger partial charge is 0.317 e. The molecule has 0 spiro atoms. The number of hydrogen-bond donors (Lipinski definition) is 1. The monoisotopic (exact) mass is 286 g/mol. The van der Waals surface area contributed by atoms with E-state index < -0.39 is 7.60 Å². The van der Waals surface area contributed by atoms with E-state index >= 15 is 0 Å². The molecule has 1 atom stereocenters. The molecule has 3 rings (SSSR count). The number of hydrogen-bond acceptors (Lipinski definition) is 4. The third-order valence-corrected chi connectivity index (χ3v) is 6.28. The van der Waals surface area contributed by atoms with Crippen molar-refractivity contribution in [2.75, 3.05) is 7.11 Å². The molecule has 0 aliphatic carbocycles. The molecule has 88 valence electrons. The first-order valence-corrected chi connectivity index (χ1v) is 8.11. The lowest BCUT2D eigenvalue weighted by Gasteiger charge is -2.00. The zero-order valence-corrected chi connectivity index (χ0v) is 11.4. The molecule has 3 aromatic rings. The topological polar surface area (TPSA) is 50.6 Å². The average molecular weight is 286 g/mol. The molecule has 0 fully saturated rings. The largest absolute Gasteiger partial charge is 0.423 e. The van der Waals surface area contributed by atoms with E-state index in [4.69, 9.17) is 4.52 Å². The number of fused-ring (bicyclic) bond motifs is 3. The van der Waals surface area contributed by atoms with Crippen molar-refractivity contribution in [3.8, 4) is 0 Å². The van der Waals surface area contributed by atoms with Crippen molar-refractivity contribution in [2.24, 2.45) is 0 Å². The third-order valence-electron chi connectivity index (χ3n) is 2.52. The number of para-hydroxylation sites is 1. The summed E-state index contributed by atoms with van der Waals surface area (Å²) in [6, 6.07) is 7.80. The van der Waals surface area contributed by atoms with Crippen LogP contribution in [0.15, 0.2) is 29.6 Å². The van der Waals surface area contributed by atoms with Gasteiger partial charge in [0.1, 0.15) is 4.70 Å². The number of nitrogens with zero attached hydrogens (tertiary/aromatic N) is 1. The maximum Gasteiger partial charge on any atom is 0.423 e. The van der Waals surface area contributed by atoms with E-state index in [1.54, 1.807) is 21.1 Å². The standard InChI is InChI=1S/C10H8NO3PS2/c1-14-15(12,13)9-6-16-10-11(9)7-4-2-3-5-8(7)17-10/h2-6H,1H3/p+1. The molecule has 7 heteroatoms. The van der Waals surface area contributed by atoms with Crippen LogP contribution in [-0.4, -0.2) is 12.0 Å². The molecule has 4 nitrogen and oxygen atoms in total. The summed E-state index contributed by atoms with van der Waals surface area (Å²) < 4.78 is 20.5. The highest BCUT2D eigenvalue weighted by atomic mass is 32.2. The van der Waals surface area contributed by atoms with Crippen LogP contribution < -0.4 is 9.84 Å². The van der Waals surface area contributed by atoms with Gasteiger partial charge in [0.05, 0.1) is 5.38 Å². The van der Waals surface area contributed by atoms with E-state index in [1.807, 2.05) is 24.3 Å². The Bertz CT molecular complexity index is 748. The molecule has 2 heterocycles. The van der Waals surface area contributed by atoms with Gasteiger partial charge in [-0.1, -0.05) is 34.8 Å². The SMILES string of the molecule is COP(=O)(O)c1csc2sc3ccccc3[n+]12. The summed E-state index contributed by atoms with van der Waals surface area (Å²) in [6.07, 6.45) is 0. The van der Waals surface area contributed by atoms with Crippen LogP contribution in [0.2, 0.25) is 0 Å². The fourth-order valence-corrected chi connectivity index (χ4v) is 5.28. The van der Waals surface area contributed by atoms with Gasteiger partial charge in [0.15, 0.2) is 0 Å². The molecule has 17 heavy (non-hydrogen) atoms. The molecule has 0 amide bonds. The molecule has 1 unspecified atom stereocenters. The Kier molecular flexibility index (Phi) is 2.57. The molecule has 1 aromatic carbocycles. The van der Waals surface area contributed by atoms with E-state index in [1.165, 1.54) is 18.4 Å². The first kappa shape index (κ1) is 11.3. The van der Waals surface area contributed by atoms with Gasteiger partial charge in [-0.2, -0.15) is 0 Å². The van der Waals surface area contributed by atoms with Gasteiger partial charge in [0, 0.05) is 13.2 Å². The van der Waals surface area contributed by atoms with Crippen LogP contribution in [0.25, 0.3) is 14.4 Å². The molecule has 1 N–H and O–H groups in total. The van der Waals surface area contributed by atoms with Gasteiger partial charge in [-0.15, -0.1) is 4.40 Å². The van der Waals surface area contributed by atoms with Crippen molar-refractivity contribution in [3.05, 3.63) is 29.6 Å². The van der Waals surface area contributed by atoms with E-state index in [2.05, 4.69) is 0 Å². The molecule has 0 bridgehead atoms. The highest BCUT2D eigenvalue weighted by Gasteiger charge is 2.35. The molecular weight excluding hydrogens is 277 g/mol. The van der Waals surface area contributed by atoms with Crippen LogP contribution in [0, 0.1) is 0 Å². The first-order chi connectivity index (χ1) is 8.13. The van der Waals surface area contributed by atoms with Crippen molar-refractivity contribution in [1.82, 2.24) is 0 Å². The van der Waals surface area contributed by atoms with E-state index in [0.29, 0.717) is 5.44 Å². The number of benzene rings is 1. The molecule has 0 aliphatic rings. The van der Waals surface area contributed by atoms with Crippen molar-refractivity contribution < 1.29 is 18.4 Å². The maximum absolute atomic E-state index is 11.9. The molecular formula is C10H9NO3PS2+. The van der Waals surface area contributed by atoms with Crippen molar-refractivity contribution in [1.29, 1.82) is 0 Å². The van der Waals surface area contributed by atoms with Crippen LogP contribution in [0.3, 0.4) is 0 Å². The number of aromatic nitrogens is 1. The van der Waals surface area contributed by atoms with Gasteiger partial charge in [-0.05, 0) is 6.07 Å². The van der Waals surface area contributed by atoms with Crippen molar-refractivity contribution >= 4 is 50.1 Å². The zero-order valence-electron chi connectivity index (χ0n) is 8.86. The first-order valence-electron chi connectivity index (χ1n) is 4.83. The minimum atomic E-state index is -3.71. The van der Waals surface area contributed by atoms with Crippen LogP contribution in [0.5, 0.6) is 0 Å². The second kappa shape index (κ2) is 3.86. The van der Waals surface area contributed by atoms with Gasteiger partial charge < -0.3 is 9.42 Å². The number of thiazole rings is 2. The molecule has 0 saturated heterocycles. The normalized spacial score (nSPS) is 15.4. The fourth-order valence-electron chi connectivity index (χ4n) is 1.70. The predicted molar refractivity (Wildman–Crippen MR) is 69.3 cm³/mol. The molecule has 0 radical (unpaired) electrons. The predicted octanol–water partition coefficient (Wildman–Crippen LogP) is 2.16.